The third-order valence-electron chi connectivity index (χ3n) is 4.07. The summed E-state index contributed by atoms with van der Waals surface area (Å²) in [5, 5.41) is 0. The Hall–Kier alpha value is -2.10. The first-order valence-electron chi connectivity index (χ1n) is 7.52. The molecular formula is C17H22N4. The molecule has 1 atom stereocenters. The van der Waals surface area contributed by atoms with Gasteiger partial charge in [0.15, 0.2) is 0 Å². The van der Waals surface area contributed by atoms with Crippen LogP contribution in [-0.4, -0.2) is 36.6 Å². The van der Waals surface area contributed by atoms with Crippen LogP contribution < -0.4 is 9.80 Å². The quantitative estimate of drug-likeness (QED) is 0.863. The van der Waals surface area contributed by atoms with E-state index in [4.69, 9.17) is 0 Å². The normalized spacial score (nSPS) is 18.0. The Bertz CT molecular complexity index is 584. The van der Waals surface area contributed by atoms with E-state index in [-0.39, 0.29) is 0 Å². The first-order valence-corrected chi connectivity index (χ1v) is 7.52. The number of benzene rings is 1. The van der Waals surface area contributed by atoms with Crippen LogP contribution in [0.2, 0.25) is 0 Å². The second-order valence-corrected chi connectivity index (χ2v) is 5.84. The van der Waals surface area contributed by atoms with Crippen molar-refractivity contribution in [3.63, 3.8) is 0 Å². The molecule has 1 aromatic heterocycles. The minimum atomic E-state index is 0.678. The smallest absolute Gasteiger partial charge is 0.147 e. The lowest BCUT2D eigenvalue weighted by atomic mass is 10.1. The van der Waals surface area contributed by atoms with Gasteiger partial charge >= 0.3 is 0 Å². The molecule has 4 heteroatoms. The van der Waals surface area contributed by atoms with Gasteiger partial charge in [-0.05, 0) is 31.4 Å². The number of hydrogen-bond donors (Lipinski definition) is 0. The molecule has 1 aromatic carbocycles. The van der Waals surface area contributed by atoms with Crippen molar-refractivity contribution in [3.05, 3.63) is 48.4 Å². The summed E-state index contributed by atoms with van der Waals surface area (Å²) in [4.78, 5) is 13.5. The molecule has 2 aromatic rings. The lowest BCUT2D eigenvalue weighted by molar-refractivity contribution is 0.581. The van der Waals surface area contributed by atoms with Gasteiger partial charge in [0, 0.05) is 38.6 Å². The third kappa shape index (κ3) is 3.32. The highest BCUT2D eigenvalue weighted by Gasteiger charge is 2.24. The molecule has 0 bridgehead atoms. The van der Waals surface area contributed by atoms with Crippen LogP contribution in [0.25, 0.3) is 0 Å². The zero-order valence-electron chi connectivity index (χ0n) is 12.7. The maximum atomic E-state index is 4.54. The van der Waals surface area contributed by atoms with Gasteiger partial charge in [-0.1, -0.05) is 18.2 Å². The number of aryl methyl sites for hydroxylation is 1. The van der Waals surface area contributed by atoms with Gasteiger partial charge in [-0.3, -0.25) is 4.98 Å². The summed E-state index contributed by atoms with van der Waals surface area (Å²) in [6.07, 6.45) is 4.87. The van der Waals surface area contributed by atoms with Crippen LogP contribution in [0.3, 0.4) is 0 Å². The van der Waals surface area contributed by atoms with Gasteiger partial charge in [0.2, 0.25) is 0 Å². The highest BCUT2D eigenvalue weighted by atomic mass is 15.2. The fourth-order valence-electron chi connectivity index (χ4n) is 2.97. The molecule has 0 aliphatic carbocycles. The van der Waals surface area contributed by atoms with Crippen molar-refractivity contribution in [3.8, 4) is 0 Å². The standard InChI is InChI=1S/C17H22N4/c1-14-10-18-11-17(19-14)20(2)12-15-8-9-21(13-15)16-6-4-3-5-7-16/h3-7,10-11,15H,8-9,12-13H2,1-2H3. The summed E-state index contributed by atoms with van der Waals surface area (Å²) in [6, 6.07) is 10.7. The second-order valence-electron chi connectivity index (χ2n) is 5.84. The van der Waals surface area contributed by atoms with Gasteiger partial charge in [-0.15, -0.1) is 0 Å². The topological polar surface area (TPSA) is 32.3 Å². The SMILES string of the molecule is Cc1cncc(N(C)CC2CCN(c3ccccc3)C2)n1. The summed E-state index contributed by atoms with van der Waals surface area (Å²) in [6.45, 7) is 5.27. The zero-order chi connectivity index (χ0) is 14.7. The fourth-order valence-corrected chi connectivity index (χ4v) is 2.97. The van der Waals surface area contributed by atoms with Crippen LogP contribution in [0.15, 0.2) is 42.7 Å². The average Bonchev–Trinajstić information content (AvgIpc) is 2.97. The van der Waals surface area contributed by atoms with Gasteiger partial charge < -0.3 is 9.80 Å². The van der Waals surface area contributed by atoms with E-state index >= 15 is 0 Å². The van der Waals surface area contributed by atoms with Gasteiger partial charge in [0.1, 0.15) is 5.82 Å². The summed E-state index contributed by atoms with van der Waals surface area (Å²) >= 11 is 0. The monoisotopic (exact) mass is 282 g/mol. The predicted octanol–water partition coefficient (Wildman–Crippen LogP) is 2.75. The maximum Gasteiger partial charge on any atom is 0.147 e. The van der Waals surface area contributed by atoms with E-state index in [1.54, 1.807) is 6.20 Å². The van der Waals surface area contributed by atoms with E-state index in [1.165, 1.54) is 12.1 Å². The van der Waals surface area contributed by atoms with Gasteiger partial charge in [-0.2, -0.15) is 0 Å². The lowest BCUT2D eigenvalue weighted by Crippen LogP contribution is -2.28. The number of para-hydroxylation sites is 1. The van der Waals surface area contributed by atoms with E-state index in [0.29, 0.717) is 5.92 Å². The molecular weight excluding hydrogens is 260 g/mol. The van der Waals surface area contributed by atoms with Crippen LogP contribution in [0.4, 0.5) is 11.5 Å². The molecule has 0 amide bonds. The van der Waals surface area contributed by atoms with Crippen molar-refractivity contribution in [1.82, 2.24) is 9.97 Å². The van der Waals surface area contributed by atoms with Crippen LogP contribution in [0.5, 0.6) is 0 Å². The van der Waals surface area contributed by atoms with E-state index in [0.717, 1.165) is 31.1 Å². The highest BCUT2D eigenvalue weighted by molar-refractivity contribution is 5.47. The van der Waals surface area contributed by atoms with E-state index in [2.05, 4.69) is 57.1 Å². The lowest BCUT2D eigenvalue weighted by Gasteiger charge is -2.23. The molecule has 0 saturated carbocycles. The molecule has 3 rings (SSSR count). The Labute approximate surface area is 126 Å². The Morgan fingerprint density at radius 2 is 2.05 bits per heavy atom. The third-order valence-corrected chi connectivity index (χ3v) is 4.07. The molecule has 110 valence electrons. The first kappa shape index (κ1) is 13.9. The van der Waals surface area contributed by atoms with Crippen LogP contribution in [-0.2, 0) is 0 Å². The molecule has 1 unspecified atom stereocenters. The van der Waals surface area contributed by atoms with E-state index in [9.17, 15) is 0 Å². The zero-order valence-corrected chi connectivity index (χ0v) is 12.7. The average molecular weight is 282 g/mol. The largest absolute Gasteiger partial charge is 0.371 e. The number of hydrogen-bond acceptors (Lipinski definition) is 4. The molecule has 4 nitrogen and oxygen atoms in total. The molecule has 1 aliphatic rings. The van der Waals surface area contributed by atoms with Gasteiger partial charge in [0.25, 0.3) is 0 Å². The second kappa shape index (κ2) is 6.12. The Morgan fingerprint density at radius 3 is 2.81 bits per heavy atom. The minimum Gasteiger partial charge on any atom is -0.371 e. The number of rotatable bonds is 4. The van der Waals surface area contributed by atoms with Crippen molar-refractivity contribution < 1.29 is 0 Å². The van der Waals surface area contributed by atoms with E-state index in [1.807, 2.05) is 13.1 Å². The molecule has 0 spiro atoms. The van der Waals surface area contributed by atoms with Crippen molar-refractivity contribution in [2.45, 2.75) is 13.3 Å². The molecule has 1 saturated heterocycles. The van der Waals surface area contributed by atoms with E-state index < -0.39 is 0 Å². The first-order chi connectivity index (χ1) is 10.2. The summed E-state index contributed by atoms with van der Waals surface area (Å²) in [5.74, 6) is 1.64. The Morgan fingerprint density at radius 1 is 1.24 bits per heavy atom. The van der Waals surface area contributed by atoms with Gasteiger partial charge in [0.05, 0.1) is 11.9 Å². The predicted molar refractivity (Wildman–Crippen MR) is 86.8 cm³/mol. The minimum absolute atomic E-state index is 0.678. The molecule has 2 heterocycles. The molecule has 1 fully saturated rings. The Kier molecular flexibility index (Phi) is 4.04. The number of nitrogens with zero attached hydrogens (tertiary/aromatic N) is 4. The van der Waals surface area contributed by atoms with Crippen LogP contribution in [0.1, 0.15) is 12.1 Å². The van der Waals surface area contributed by atoms with Crippen LogP contribution in [0, 0.1) is 12.8 Å². The van der Waals surface area contributed by atoms with Crippen molar-refractivity contribution in [1.29, 1.82) is 0 Å². The molecule has 0 radical (unpaired) electrons. The molecule has 21 heavy (non-hydrogen) atoms. The van der Waals surface area contributed by atoms with Crippen molar-refractivity contribution in [2.75, 3.05) is 36.5 Å². The number of aromatic nitrogens is 2. The Balaban J connectivity index is 1.60. The summed E-state index contributed by atoms with van der Waals surface area (Å²) < 4.78 is 0. The fraction of sp³-hybridized carbons (Fsp3) is 0.412. The highest BCUT2D eigenvalue weighted by Crippen LogP contribution is 2.24. The number of anilines is 2. The molecule has 0 N–H and O–H groups in total. The van der Waals surface area contributed by atoms with Crippen molar-refractivity contribution in [2.24, 2.45) is 5.92 Å². The summed E-state index contributed by atoms with van der Waals surface area (Å²) in [7, 11) is 2.11. The van der Waals surface area contributed by atoms with Crippen molar-refractivity contribution >= 4 is 11.5 Å². The van der Waals surface area contributed by atoms with Crippen LogP contribution >= 0.6 is 0 Å². The van der Waals surface area contributed by atoms with Gasteiger partial charge in [-0.25, -0.2) is 4.98 Å². The maximum absolute atomic E-state index is 4.54. The summed E-state index contributed by atoms with van der Waals surface area (Å²) in [5.41, 5.74) is 2.30. The molecule has 1 aliphatic heterocycles.